The number of aryl methyl sites for hydroxylation is 1. The van der Waals surface area contributed by atoms with E-state index in [1.165, 1.54) is 11.1 Å². The monoisotopic (exact) mass is 528 g/mol. The molecule has 2 fully saturated rings. The van der Waals surface area contributed by atoms with Crippen molar-refractivity contribution >= 4 is 35.8 Å². The molecule has 3 atom stereocenters. The van der Waals surface area contributed by atoms with Crippen LogP contribution in [-0.2, 0) is 9.53 Å². The first-order chi connectivity index (χ1) is 14.0. The Hall–Kier alpha value is -1.35. The number of amides is 1. The lowest BCUT2D eigenvalue weighted by Gasteiger charge is -2.33. The van der Waals surface area contributed by atoms with Gasteiger partial charge in [0.1, 0.15) is 0 Å². The van der Waals surface area contributed by atoms with Crippen LogP contribution in [0.25, 0.3) is 0 Å². The molecule has 0 aromatic heterocycles. The number of hydrogen-bond acceptors (Lipinski definition) is 3. The number of benzene rings is 1. The number of likely N-dealkylation sites (tertiary alicyclic amines) is 1. The third kappa shape index (κ3) is 6.57. The molecular formula is C23H37IN4O2. The van der Waals surface area contributed by atoms with Gasteiger partial charge in [0, 0.05) is 51.2 Å². The van der Waals surface area contributed by atoms with Crippen molar-refractivity contribution < 1.29 is 9.53 Å². The van der Waals surface area contributed by atoms with E-state index in [0.717, 1.165) is 51.5 Å². The molecular weight excluding hydrogens is 491 g/mol. The number of nitrogens with one attached hydrogen (secondary N) is 2. The average molecular weight is 528 g/mol. The van der Waals surface area contributed by atoms with Gasteiger partial charge >= 0.3 is 0 Å². The second-order valence-electron chi connectivity index (χ2n) is 8.63. The normalized spacial score (nSPS) is 24.5. The molecule has 2 N–H and O–H groups in total. The van der Waals surface area contributed by atoms with Crippen LogP contribution >= 0.6 is 24.0 Å². The molecule has 3 unspecified atom stereocenters. The number of aliphatic imine (C=N–C) groups is 1. The summed E-state index contributed by atoms with van der Waals surface area (Å²) in [6, 6.07) is 8.93. The predicted molar refractivity (Wildman–Crippen MR) is 132 cm³/mol. The zero-order valence-electron chi connectivity index (χ0n) is 18.7. The van der Waals surface area contributed by atoms with E-state index in [1.807, 2.05) is 18.7 Å². The molecule has 0 saturated carbocycles. The number of carbonyl (C=O) groups is 1. The van der Waals surface area contributed by atoms with Crippen LogP contribution in [0.1, 0.15) is 50.3 Å². The second kappa shape index (κ2) is 11.9. The molecule has 2 heterocycles. The first-order valence-corrected chi connectivity index (χ1v) is 10.9. The minimum absolute atomic E-state index is 0. The summed E-state index contributed by atoms with van der Waals surface area (Å²) in [5.74, 6) is 1.50. The predicted octanol–water partition coefficient (Wildman–Crippen LogP) is 3.50. The Balaban J connectivity index is 0.00000320. The number of halogens is 1. The summed E-state index contributed by atoms with van der Waals surface area (Å²) < 4.78 is 6.13. The zero-order chi connectivity index (χ0) is 20.8. The van der Waals surface area contributed by atoms with Crippen molar-refractivity contribution in [1.29, 1.82) is 0 Å². The van der Waals surface area contributed by atoms with Crippen LogP contribution in [0.4, 0.5) is 0 Å². The van der Waals surface area contributed by atoms with Crippen molar-refractivity contribution in [3.63, 3.8) is 0 Å². The van der Waals surface area contributed by atoms with Crippen LogP contribution in [-0.4, -0.2) is 56.1 Å². The quantitative estimate of drug-likeness (QED) is 0.349. The van der Waals surface area contributed by atoms with Gasteiger partial charge in [-0.15, -0.1) is 24.0 Å². The molecule has 7 heteroatoms. The maximum atomic E-state index is 12.2. The zero-order valence-corrected chi connectivity index (χ0v) is 21.0. The standard InChI is InChI=1S/C23H36N4O2.HI/c1-16(2)22(28)27-12-11-20(15-27)26-23(24-4)25-14-19-6-5-13-29-21(19)18-9-7-17(3)8-10-18;/h7-10,16,19-21H,5-6,11-15H2,1-4H3,(H2,24,25,26);1H. The highest BCUT2D eigenvalue weighted by molar-refractivity contribution is 14.0. The lowest BCUT2D eigenvalue weighted by atomic mass is 9.89. The topological polar surface area (TPSA) is 66.0 Å². The average Bonchev–Trinajstić information content (AvgIpc) is 3.19. The van der Waals surface area contributed by atoms with Crippen LogP contribution in [0, 0.1) is 18.8 Å². The molecule has 1 aromatic carbocycles. The van der Waals surface area contributed by atoms with Crippen LogP contribution in [0.5, 0.6) is 0 Å². The highest BCUT2D eigenvalue weighted by atomic mass is 127. The van der Waals surface area contributed by atoms with E-state index in [0.29, 0.717) is 5.92 Å². The van der Waals surface area contributed by atoms with E-state index in [1.54, 1.807) is 7.05 Å². The fourth-order valence-electron chi connectivity index (χ4n) is 4.24. The van der Waals surface area contributed by atoms with Gasteiger partial charge in [0.2, 0.25) is 5.91 Å². The Morgan fingerprint density at radius 1 is 1.27 bits per heavy atom. The Bertz CT molecular complexity index is 708. The molecule has 1 aromatic rings. The van der Waals surface area contributed by atoms with Crippen molar-refractivity contribution in [2.24, 2.45) is 16.8 Å². The van der Waals surface area contributed by atoms with Gasteiger partial charge in [-0.05, 0) is 31.7 Å². The summed E-state index contributed by atoms with van der Waals surface area (Å²) in [5.41, 5.74) is 2.52. The summed E-state index contributed by atoms with van der Waals surface area (Å²) in [4.78, 5) is 18.6. The minimum atomic E-state index is 0. The molecule has 0 radical (unpaired) electrons. The largest absolute Gasteiger partial charge is 0.373 e. The second-order valence-corrected chi connectivity index (χ2v) is 8.63. The molecule has 168 valence electrons. The van der Waals surface area contributed by atoms with Gasteiger partial charge in [-0.3, -0.25) is 9.79 Å². The number of rotatable bonds is 5. The number of carbonyl (C=O) groups excluding carboxylic acids is 1. The molecule has 30 heavy (non-hydrogen) atoms. The Labute approximate surface area is 198 Å². The highest BCUT2D eigenvalue weighted by Gasteiger charge is 2.30. The fourth-order valence-corrected chi connectivity index (χ4v) is 4.24. The molecule has 2 saturated heterocycles. The van der Waals surface area contributed by atoms with Gasteiger partial charge < -0.3 is 20.3 Å². The lowest BCUT2D eigenvalue weighted by molar-refractivity contribution is -0.133. The van der Waals surface area contributed by atoms with Crippen molar-refractivity contribution in [1.82, 2.24) is 15.5 Å². The van der Waals surface area contributed by atoms with Crippen LogP contribution in [0.3, 0.4) is 0 Å². The van der Waals surface area contributed by atoms with E-state index in [4.69, 9.17) is 4.74 Å². The maximum absolute atomic E-state index is 12.2. The highest BCUT2D eigenvalue weighted by Crippen LogP contribution is 2.33. The van der Waals surface area contributed by atoms with Gasteiger partial charge in [-0.25, -0.2) is 0 Å². The number of hydrogen-bond donors (Lipinski definition) is 2. The van der Waals surface area contributed by atoms with E-state index in [9.17, 15) is 4.79 Å². The number of nitrogens with zero attached hydrogens (tertiary/aromatic N) is 2. The minimum Gasteiger partial charge on any atom is -0.373 e. The maximum Gasteiger partial charge on any atom is 0.225 e. The van der Waals surface area contributed by atoms with Crippen molar-refractivity contribution in [3.05, 3.63) is 35.4 Å². The van der Waals surface area contributed by atoms with Gasteiger partial charge in [0.05, 0.1) is 6.10 Å². The van der Waals surface area contributed by atoms with Gasteiger partial charge in [0.15, 0.2) is 5.96 Å². The SMILES string of the molecule is CN=C(NCC1CCCOC1c1ccc(C)cc1)NC1CCN(C(=O)C(C)C)C1.I. The molecule has 0 bridgehead atoms. The summed E-state index contributed by atoms with van der Waals surface area (Å²) in [6.07, 6.45) is 3.32. The van der Waals surface area contributed by atoms with Crippen LogP contribution in [0.15, 0.2) is 29.3 Å². The molecule has 6 nitrogen and oxygen atoms in total. The van der Waals surface area contributed by atoms with Crippen molar-refractivity contribution in [3.8, 4) is 0 Å². The molecule has 2 aliphatic rings. The molecule has 0 spiro atoms. The van der Waals surface area contributed by atoms with Crippen molar-refractivity contribution in [2.75, 3.05) is 33.3 Å². The Kier molecular flexibility index (Phi) is 9.87. The first kappa shape index (κ1) is 24.9. The molecule has 1 amide bonds. The first-order valence-electron chi connectivity index (χ1n) is 10.9. The Morgan fingerprint density at radius 3 is 2.67 bits per heavy atom. The molecule has 3 rings (SSSR count). The molecule has 0 aliphatic carbocycles. The Morgan fingerprint density at radius 2 is 2.00 bits per heavy atom. The van der Waals surface area contributed by atoms with Crippen LogP contribution < -0.4 is 10.6 Å². The third-order valence-electron chi connectivity index (χ3n) is 5.94. The summed E-state index contributed by atoms with van der Waals surface area (Å²) in [7, 11) is 1.80. The van der Waals surface area contributed by atoms with E-state index < -0.39 is 0 Å². The van der Waals surface area contributed by atoms with Gasteiger partial charge in [-0.1, -0.05) is 43.7 Å². The van der Waals surface area contributed by atoms with E-state index >= 15 is 0 Å². The molecule has 2 aliphatic heterocycles. The fraction of sp³-hybridized carbons (Fsp3) is 0.652. The number of guanidine groups is 1. The summed E-state index contributed by atoms with van der Waals surface area (Å²) in [6.45, 7) is 9.23. The lowest BCUT2D eigenvalue weighted by Crippen LogP contribution is -2.47. The number of ether oxygens (including phenoxy) is 1. The van der Waals surface area contributed by atoms with E-state index in [-0.39, 0.29) is 47.9 Å². The summed E-state index contributed by atoms with van der Waals surface area (Å²) >= 11 is 0. The summed E-state index contributed by atoms with van der Waals surface area (Å²) in [5, 5.41) is 6.99. The third-order valence-corrected chi connectivity index (χ3v) is 5.94. The van der Waals surface area contributed by atoms with E-state index in [2.05, 4.69) is 46.8 Å². The van der Waals surface area contributed by atoms with Gasteiger partial charge in [-0.2, -0.15) is 0 Å². The van der Waals surface area contributed by atoms with Crippen molar-refractivity contribution in [2.45, 2.75) is 52.2 Å². The van der Waals surface area contributed by atoms with Gasteiger partial charge in [0.25, 0.3) is 0 Å². The smallest absolute Gasteiger partial charge is 0.225 e. The van der Waals surface area contributed by atoms with Crippen LogP contribution in [0.2, 0.25) is 0 Å².